The van der Waals surface area contributed by atoms with E-state index in [1.54, 1.807) is 6.92 Å². The number of hydrogen-bond donors (Lipinski definition) is 1. The Morgan fingerprint density at radius 3 is 2.25 bits per heavy atom. The Kier molecular flexibility index (Phi) is 5.32. The van der Waals surface area contributed by atoms with Gasteiger partial charge in [-0.2, -0.15) is 26.3 Å². The molecule has 0 aliphatic rings. The number of rotatable bonds is 3. The van der Waals surface area contributed by atoms with Crippen LogP contribution in [-0.2, 0) is 12.4 Å². The molecule has 3 nitrogen and oxygen atoms in total. The fourth-order valence-electron chi connectivity index (χ4n) is 3.22. The van der Waals surface area contributed by atoms with Crippen LogP contribution < -0.4 is 0 Å². The molecule has 4 rings (SSSR count). The third-order valence-electron chi connectivity index (χ3n) is 4.74. The maximum atomic E-state index is 13.2. The van der Waals surface area contributed by atoms with Crippen LogP contribution in [-0.4, -0.2) is 9.97 Å². The Morgan fingerprint density at radius 1 is 0.844 bits per heavy atom. The van der Waals surface area contributed by atoms with Crippen molar-refractivity contribution in [3.05, 3.63) is 76.4 Å². The van der Waals surface area contributed by atoms with Crippen molar-refractivity contribution in [1.82, 2.24) is 9.97 Å². The first-order valence-electron chi connectivity index (χ1n) is 9.15. The van der Waals surface area contributed by atoms with Crippen molar-refractivity contribution in [2.24, 2.45) is 0 Å². The normalized spacial score (nSPS) is 12.4. The van der Waals surface area contributed by atoms with Gasteiger partial charge in [-0.15, -0.1) is 0 Å². The zero-order valence-corrected chi connectivity index (χ0v) is 17.0. The largest absolute Gasteiger partial charge is 0.453 e. The number of furan rings is 1. The topological polar surface area (TPSA) is 41.8 Å². The molecule has 2 aromatic carbocycles. The summed E-state index contributed by atoms with van der Waals surface area (Å²) >= 11 is 5.68. The van der Waals surface area contributed by atoms with E-state index in [9.17, 15) is 26.3 Å². The van der Waals surface area contributed by atoms with Gasteiger partial charge in [0.2, 0.25) is 0 Å². The molecule has 1 N–H and O–H groups in total. The summed E-state index contributed by atoms with van der Waals surface area (Å²) in [6.45, 7) is 1.63. The molecule has 2 aromatic heterocycles. The van der Waals surface area contributed by atoms with E-state index in [4.69, 9.17) is 16.0 Å². The van der Waals surface area contributed by atoms with Crippen LogP contribution in [0.2, 0.25) is 5.02 Å². The molecule has 0 spiro atoms. The van der Waals surface area contributed by atoms with Crippen LogP contribution in [0, 0.1) is 6.92 Å². The number of aromatic nitrogens is 2. The number of alkyl halides is 6. The van der Waals surface area contributed by atoms with Gasteiger partial charge in [0.15, 0.2) is 11.6 Å². The fraction of sp³-hybridized carbons (Fsp3) is 0.136. The maximum Gasteiger partial charge on any atom is 0.417 e. The first-order valence-corrected chi connectivity index (χ1v) is 9.53. The minimum absolute atomic E-state index is 0.188. The van der Waals surface area contributed by atoms with Crippen LogP contribution in [0.4, 0.5) is 26.3 Å². The molecule has 0 amide bonds. The quantitative estimate of drug-likeness (QED) is 0.308. The highest BCUT2D eigenvalue weighted by atomic mass is 35.5. The number of halogens is 7. The van der Waals surface area contributed by atoms with Gasteiger partial charge >= 0.3 is 12.4 Å². The molecule has 0 unspecified atom stereocenters. The number of nitrogens with one attached hydrogen (secondary N) is 1. The third kappa shape index (κ3) is 4.25. The van der Waals surface area contributed by atoms with Crippen LogP contribution in [0.1, 0.15) is 16.8 Å². The monoisotopic (exact) mass is 470 g/mol. The number of benzene rings is 2. The van der Waals surface area contributed by atoms with Gasteiger partial charge in [-0.05, 0) is 43.3 Å². The molecular formula is C22H13ClF6N2O. The van der Waals surface area contributed by atoms with Crippen LogP contribution in [0.25, 0.3) is 34.2 Å². The molecule has 32 heavy (non-hydrogen) atoms. The minimum atomic E-state index is -4.62. The summed E-state index contributed by atoms with van der Waals surface area (Å²) in [5.41, 5.74) is -0.627. The van der Waals surface area contributed by atoms with E-state index in [2.05, 4.69) is 9.97 Å². The number of aromatic amines is 1. The zero-order chi connectivity index (χ0) is 23.3. The van der Waals surface area contributed by atoms with E-state index < -0.39 is 28.5 Å². The molecule has 10 heteroatoms. The van der Waals surface area contributed by atoms with E-state index in [0.717, 1.165) is 24.3 Å². The van der Waals surface area contributed by atoms with Crippen LogP contribution in [0.3, 0.4) is 0 Å². The lowest BCUT2D eigenvalue weighted by atomic mass is 10.1. The van der Waals surface area contributed by atoms with Gasteiger partial charge in [0.05, 0.1) is 21.8 Å². The second-order valence-corrected chi connectivity index (χ2v) is 7.40. The van der Waals surface area contributed by atoms with Crippen molar-refractivity contribution in [2.75, 3.05) is 0 Å². The number of H-pyrrole nitrogens is 1. The van der Waals surface area contributed by atoms with Gasteiger partial charge < -0.3 is 9.40 Å². The van der Waals surface area contributed by atoms with Crippen molar-refractivity contribution >= 4 is 11.6 Å². The summed E-state index contributed by atoms with van der Waals surface area (Å²) in [7, 11) is 0. The fourth-order valence-corrected chi connectivity index (χ4v) is 3.44. The number of imidazole rings is 1. The summed E-state index contributed by atoms with van der Waals surface area (Å²) in [5, 5.41) is -0.425. The molecule has 0 radical (unpaired) electrons. The average molecular weight is 471 g/mol. The molecule has 2 heterocycles. The van der Waals surface area contributed by atoms with E-state index >= 15 is 0 Å². The van der Waals surface area contributed by atoms with Crippen LogP contribution in [0.5, 0.6) is 0 Å². The van der Waals surface area contributed by atoms with E-state index in [1.807, 2.05) is 0 Å². The Bertz CT molecular complexity index is 1290. The molecule has 0 aliphatic carbocycles. The van der Waals surface area contributed by atoms with Gasteiger partial charge in [-0.1, -0.05) is 29.8 Å². The lowest BCUT2D eigenvalue weighted by molar-refractivity contribution is -0.138. The zero-order valence-electron chi connectivity index (χ0n) is 16.2. The van der Waals surface area contributed by atoms with Crippen molar-refractivity contribution in [1.29, 1.82) is 0 Å². The van der Waals surface area contributed by atoms with Crippen molar-refractivity contribution in [3.8, 4) is 34.2 Å². The van der Waals surface area contributed by atoms with E-state index in [1.165, 1.54) is 30.3 Å². The summed E-state index contributed by atoms with van der Waals surface area (Å²) in [5.74, 6) is 0.628. The average Bonchev–Trinajstić information content (AvgIpc) is 3.34. The molecule has 0 atom stereocenters. The van der Waals surface area contributed by atoms with Crippen molar-refractivity contribution < 1.29 is 30.8 Å². The van der Waals surface area contributed by atoms with Gasteiger partial charge in [0.1, 0.15) is 5.76 Å². The molecule has 0 aliphatic heterocycles. The first-order chi connectivity index (χ1) is 14.9. The molecule has 166 valence electrons. The maximum absolute atomic E-state index is 13.2. The van der Waals surface area contributed by atoms with Gasteiger partial charge in [0.25, 0.3) is 0 Å². The second kappa shape index (κ2) is 7.74. The lowest BCUT2D eigenvalue weighted by Gasteiger charge is -2.10. The van der Waals surface area contributed by atoms with Gasteiger partial charge in [-0.3, -0.25) is 0 Å². The summed E-state index contributed by atoms with van der Waals surface area (Å²) < 4.78 is 84.1. The molecule has 0 saturated carbocycles. The number of hydrogen-bond acceptors (Lipinski definition) is 2. The predicted octanol–water partition coefficient (Wildman–Crippen LogP) is 8.00. The highest BCUT2D eigenvalue weighted by Gasteiger charge is 2.34. The Morgan fingerprint density at radius 2 is 1.56 bits per heavy atom. The van der Waals surface area contributed by atoms with Crippen LogP contribution >= 0.6 is 11.6 Å². The SMILES string of the molecule is Cc1[nH]c(-c2ccc(-c3cccc(C(F)(F)F)c3)o2)nc1-c1ccc(Cl)c(C(F)(F)F)c1. The lowest BCUT2D eigenvalue weighted by Crippen LogP contribution is -2.06. The molecule has 4 aromatic rings. The van der Waals surface area contributed by atoms with Crippen molar-refractivity contribution in [2.45, 2.75) is 19.3 Å². The molecule has 0 bridgehead atoms. The predicted molar refractivity (Wildman–Crippen MR) is 107 cm³/mol. The summed E-state index contributed by atoms with van der Waals surface area (Å²) in [4.78, 5) is 7.26. The summed E-state index contributed by atoms with van der Waals surface area (Å²) in [6.07, 6.45) is -9.12. The smallest absolute Gasteiger partial charge is 0.417 e. The Balaban J connectivity index is 1.69. The highest BCUT2D eigenvalue weighted by Crippen LogP contribution is 2.38. The van der Waals surface area contributed by atoms with E-state index in [-0.39, 0.29) is 34.2 Å². The standard InChI is InChI=1S/C22H13ClF6N2O/c1-11-19(13-5-6-16(23)15(10-13)22(27,28)29)31-20(30-11)18-8-7-17(32-18)12-3-2-4-14(9-12)21(24,25)26/h2-10H,1H3,(H,30,31). The number of nitrogens with zero attached hydrogens (tertiary/aromatic N) is 1. The third-order valence-corrected chi connectivity index (χ3v) is 5.07. The Hall–Kier alpha value is -3.20. The number of aryl methyl sites for hydroxylation is 1. The Labute approximate surface area is 182 Å². The van der Waals surface area contributed by atoms with Gasteiger partial charge in [0, 0.05) is 16.8 Å². The second-order valence-electron chi connectivity index (χ2n) is 6.99. The van der Waals surface area contributed by atoms with Crippen molar-refractivity contribution in [3.63, 3.8) is 0 Å². The highest BCUT2D eigenvalue weighted by molar-refractivity contribution is 6.31. The van der Waals surface area contributed by atoms with Crippen LogP contribution in [0.15, 0.2) is 59.0 Å². The first kappa shape index (κ1) is 22.0. The van der Waals surface area contributed by atoms with E-state index in [0.29, 0.717) is 5.69 Å². The minimum Gasteiger partial charge on any atom is -0.453 e. The van der Waals surface area contributed by atoms with Gasteiger partial charge in [-0.25, -0.2) is 4.98 Å². The summed E-state index contributed by atoms with van der Waals surface area (Å²) in [6, 6.07) is 11.1. The molecule has 0 fully saturated rings. The molecular weight excluding hydrogens is 458 g/mol. The molecule has 0 saturated heterocycles.